The molecule has 0 aliphatic carbocycles. The number of carbonyl (C=O) groups is 2. The third-order valence-electron chi connectivity index (χ3n) is 4.20. The Morgan fingerprint density at radius 1 is 0.917 bits per heavy atom. The average molecular weight is 320 g/mol. The molecular weight excluding hydrogens is 300 g/mol. The molecule has 0 saturated heterocycles. The van der Waals surface area contributed by atoms with Crippen LogP contribution in [0, 0.1) is 0 Å². The molecule has 0 unspecified atom stereocenters. The van der Waals surface area contributed by atoms with Crippen molar-refractivity contribution in [1.29, 1.82) is 0 Å². The van der Waals surface area contributed by atoms with E-state index in [9.17, 15) is 9.59 Å². The number of nitrogens with zero attached hydrogens (tertiary/aromatic N) is 2. The highest BCUT2D eigenvalue weighted by atomic mass is 16.2. The van der Waals surface area contributed by atoms with Gasteiger partial charge in [-0.2, -0.15) is 0 Å². The number of amides is 1. The zero-order valence-corrected chi connectivity index (χ0v) is 13.9. The van der Waals surface area contributed by atoms with E-state index in [1.165, 1.54) is 0 Å². The average Bonchev–Trinajstić information content (AvgIpc) is 3.10. The number of rotatable bonds is 5. The maximum Gasteiger partial charge on any atom is 0.253 e. The minimum Gasteiger partial charge on any atom is -0.339 e. The van der Waals surface area contributed by atoms with Crippen LogP contribution in [-0.4, -0.2) is 34.1 Å². The maximum atomic E-state index is 12.9. The molecule has 0 bridgehead atoms. The molecule has 2 aromatic heterocycles. The molecule has 0 radical (unpaired) electrons. The lowest BCUT2D eigenvalue weighted by molar-refractivity contribution is 0.0773. The molecule has 1 amide bonds. The lowest BCUT2D eigenvalue weighted by atomic mass is 10.1. The number of fused-ring (bicyclic) bond motifs is 1. The fourth-order valence-corrected chi connectivity index (χ4v) is 2.88. The largest absolute Gasteiger partial charge is 0.339 e. The van der Waals surface area contributed by atoms with Crippen molar-refractivity contribution in [1.82, 2.24) is 9.30 Å². The predicted octanol–water partition coefficient (Wildman–Crippen LogP) is 3.65. The van der Waals surface area contributed by atoms with Gasteiger partial charge in [0.1, 0.15) is 0 Å². The van der Waals surface area contributed by atoms with Gasteiger partial charge in [0.2, 0.25) is 5.78 Å². The van der Waals surface area contributed by atoms with Gasteiger partial charge in [-0.15, -0.1) is 0 Å². The van der Waals surface area contributed by atoms with Crippen molar-refractivity contribution in [2.45, 2.75) is 13.8 Å². The van der Waals surface area contributed by atoms with E-state index < -0.39 is 0 Å². The van der Waals surface area contributed by atoms with Gasteiger partial charge in [-0.25, -0.2) is 0 Å². The number of ketones is 1. The van der Waals surface area contributed by atoms with Crippen LogP contribution in [0.1, 0.15) is 40.3 Å². The summed E-state index contributed by atoms with van der Waals surface area (Å²) in [5, 5.41) is 0. The lowest BCUT2D eigenvalue weighted by Gasteiger charge is -2.19. The van der Waals surface area contributed by atoms with Gasteiger partial charge in [0.15, 0.2) is 0 Å². The number of benzene rings is 1. The monoisotopic (exact) mass is 320 g/mol. The normalized spacial score (nSPS) is 10.8. The Morgan fingerprint density at radius 3 is 2.29 bits per heavy atom. The third-order valence-corrected chi connectivity index (χ3v) is 4.20. The molecular formula is C20H20N2O2. The van der Waals surface area contributed by atoms with Crippen LogP contribution in [0.5, 0.6) is 0 Å². The summed E-state index contributed by atoms with van der Waals surface area (Å²) in [5.41, 5.74) is 2.50. The Morgan fingerprint density at radius 2 is 1.62 bits per heavy atom. The topological polar surface area (TPSA) is 41.8 Å². The maximum absolute atomic E-state index is 12.9. The summed E-state index contributed by atoms with van der Waals surface area (Å²) >= 11 is 0. The van der Waals surface area contributed by atoms with E-state index in [0.29, 0.717) is 29.9 Å². The van der Waals surface area contributed by atoms with Crippen LogP contribution >= 0.6 is 0 Å². The van der Waals surface area contributed by atoms with Crippen molar-refractivity contribution in [3.8, 4) is 0 Å². The Labute approximate surface area is 141 Å². The van der Waals surface area contributed by atoms with E-state index in [1.54, 1.807) is 23.1 Å². The Bertz CT molecular complexity index is 877. The molecule has 0 N–H and O–H groups in total. The van der Waals surface area contributed by atoms with Crippen LogP contribution in [-0.2, 0) is 0 Å². The quantitative estimate of drug-likeness (QED) is 0.673. The molecule has 1 aromatic carbocycles. The Hall–Kier alpha value is -2.88. The van der Waals surface area contributed by atoms with Crippen molar-refractivity contribution < 1.29 is 9.59 Å². The lowest BCUT2D eigenvalue weighted by Crippen LogP contribution is -2.30. The third kappa shape index (κ3) is 2.83. The van der Waals surface area contributed by atoms with Gasteiger partial charge in [-0.1, -0.05) is 30.3 Å². The van der Waals surface area contributed by atoms with Gasteiger partial charge < -0.3 is 9.30 Å². The van der Waals surface area contributed by atoms with Crippen LogP contribution in [0.2, 0.25) is 0 Å². The van der Waals surface area contributed by atoms with E-state index in [-0.39, 0.29) is 11.7 Å². The molecule has 0 saturated carbocycles. The van der Waals surface area contributed by atoms with Crippen LogP contribution in [0.15, 0.2) is 60.8 Å². The van der Waals surface area contributed by atoms with Crippen LogP contribution in [0.3, 0.4) is 0 Å². The molecule has 0 aliphatic rings. The zero-order chi connectivity index (χ0) is 17.1. The second kappa shape index (κ2) is 6.71. The predicted molar refractivity (Wildman–Crippen MR) is 94.5 cm³/mol. The zero-order valence-electron chi connectivity index (χ0n) is 13.9. The molecule has 4 heteroatoms. The fraction of sp³-hybridized carbons (Fsp3) is 0.200. The Kier molecular flexibility index (Phi) is 4.47. The summed E-state index contributed by atoms with van der Waals surface area (Å²) < 4.78 is 1.83. The second-order valence-corrected chi connectivity index (χ2v) is 5.60. The summed E-state index contributed by atoms with van der Waals surface area (Å²) in [6.07, 6.45) is 1.84. The van der Waals surface area contributed by atoms with Crippen LogP contribution in [0.4, 0.5) is 0 Å². The standard InChI is InChI=1S/C20H20N2O2/c1-3-21(4-2)20(24)16-13-17-11-8-12-22(17)18(14-16)19(23)15-9-6-5-7-10-15/h5-14H,3-4H2,1-2H3. The number of hydrogen-bond donors (Lipinski definition) is 0. The van der Waals surface area contributed by atoms with Crippen molar-refractivity contribution in [2.24, 2.45) is 0 Å². The summed E-state index contributed by atoms with van der Waals surface area (Å²) in [6, 6.07) is 16.4. The first-order valence-corrected chi connectivity index (χ1v) is 8.15. The highest BCUT2D eigenvalue weighted by molar-refractivity contribution is 6.09. The van der Waals surface area contributed by atoms with Gasteiger partial charge in [0.25, 0.3) is 5.91 Å². The Balaban J connectivity index is 2.12. The first-order valence-electron chi connectivity index (χ1n) is 8.15. The second-order valence-electron chi connectivity index (χ2n) is 5.60. The summed E-state index contributed by atoms with van der Waals surface area (Å²) in [7, 11) is 0. The van der Waals surface area contributed by atoms with E-state index >= 15 is 0 Å². The van der Waals surface area contributed by atoms with E-state index in [2.05, 4.69) is 0 Å². The van der Waals surface area contributed by atoms with E-state index in [4.69, 9.17) is 0 Å². The van der Waals surface area contributed by atoms with Crippen molar-refractivity contribution in [3.05, 3.63) is 77.6 Å². The number of hydrogen-bond acceptors (Lipinski definition) is 2. The summed E-state index contributed by atoms with van der Waals surface area (Å²) in [6.45, 7) is 5.19. The molecule has 0 spiro atoms. The van der Waals surface area contributed by atoms with E-state index in [0.717, 1.165) is 5.52 Å². The summed E-state index contributed by atoms with van der Waals surface area (Å²) in [4.78, 5) is 27.3. The molecule has 2 heterocycles. The first kappa shape index (κ1) is 16.0. The molecule has 122 valence electrons. The highest BCUT2D eigenvalue weighted by Gasteiger charge is 2.18. The molecule has 24 heavy (non-hydrogen) atoms. The van der Waals surface area contributed by atoms with Gasteiger partial charge in [0, 0.05) is 35.9 Å². The van der Waals surface area contributed by atoms with Crippen LogP contribution < -0.4 is 0 Å². The molecule has 4 nitrogen and oxygen atoms in total. The van der Waals surface area contributed by atoms with Gasteiger partial charge in [-0.05, 0) is 38.1 Å². The SMILES string of the molecule is CCN(CC)C(=O)c1cc(C(=O)c2ccccc2)n2cccc2c1. The minimum atomic E-state index is -0.0917. The minimum absolute atomic E-state index is 0.0502. The van der Waals surface area contributed by atoms with Crippen LogP contribution in [0.25, 0.3) is 5.52 Å². The van der Waals surface area contributed by atoms with Crippen molar-refractivity contribution in [3.63, 3.8) is 0 Å². The van der Waals surface area contributed by atoms with Gasteiger partial charge in [0.05, 0.1) is 5.69 Å². The highest BCUT2D eigenvalue weighted by Crippen LogP contribution is 2.18. The van der Waals surface area contributed by atoms with Crippen molar-refractivity contribution in [2.75, 3.05) is 13.1 Å². The first-order chi connectivity index (χ1) is 11.7. The van der Waals surface area contributed by atoms with Gasteiger partial charge in [-0.3, -0.25) is 9.59 Å². The number of aromatic nitrogens is 1. The summed E-state index contributed by atoms with van der Waals surface area (Å²) in [5.74, 6) is -0.142. The molecule has 0 atom stereocenters. The smallest absolute Gasteiger partial charge is 0.253 e. The van der Waals surface area contributed by atoms with E-state index in [1.807, 2.05) is 60.8 Å². The number of pyridine rings is 1. The number of carbonyl (C=O) groups excluding carboxylic acids is 2. The molecule has 0 fully saturated rings. The molecule has 0 aliphatic heterocycles. The van der Waals surface area contributed by atoms with Crippen molar-refractivity contribution >= 4 is 17.2 Å². The fourth-order valence-electron chi connectivity index (χ4n) is 2.88. The van der Waals surface area contributed by atoms with Gasteiger partial charge >= 0.3 is 0 Å². The molecule has 3 rings (SSSR count). The molecule has 3 aromatic rings.